The number of pyridine rings is 1. The van der Waals surface area contributed by atoms with Crippen molar-refractivity contribution in [2.75, 3.05) is 34.1 Å². The van der Waals surface area contributed by atoms with Crippen LogP contribution in [0, 0.1) is 0 Å². The van der Waals surface area contributed by atoms with Gasteiger partial charge in [-0.15, -0.1) is 0 Å². The molecule has 0 spiro atoms. The maximum atomic E-state index is 13.4. The maximum absolute atomic E-state index is 13.4. The topological polar surface area (TPSA) is 104 Å². The molecular weight excluding hydrogens is 466 g/mol. The first-order valence-electron chi connectivity index (χ1n) is 11.8. The minimum atomic E-state index is -0.340. The third kappa shape index (κ3) is 4.51. The lowest BCUT2D eigenvalue weighted by molar-refractivity contribution is 0.0930. The van der Waals surface area contributed by atoms with E-state index in [4.69, 9.17) is 23.4 Å². The van der Waals surface area contributed by atoms with Gasteiger partial charge >= 0.3 is 0 Å². The Kier molecular flexibility index (Phi) is 6.60. The summed E-state index contributed by atoms with van der Waals surface area (Å²) in [5, 5.41) is 2.97. The van der Waals surface area contributed by atoms with E-state index >= 15 is 0 Å². The number of hydrogen-bond donors (Lipinski definition) is 1. The van der Waals surface area contributed by atoms with Gasteiger partial charge in [-0.1, -0.05) is 0 Å². The summed E-state index contributed by atoms with van der Waals surface area (Å²) in [6.07, 6.45) is 2.07. The molecule has 190 valence electrons. The average molecular weight is 496 g/mol. The number of methoxy groups -OCH3 is 2. The van der Waals surface area contributed by atoms with Gasteiger partial charge in [0.2, 0.25) is 12.5 Å². The molecule has 36 heavy (non-hydrogen) atoms. The van der Waals surface area contributed by atoms with E-state index in [2.05, 4.69) is 10.2 Å². The van der Waals surface area contributed by atoms with E-state index in [0.29, 0.717) is 66.9 Å². The number of furan rings is 1. The van der Waals surface area contributed by atoms with Crippen LogP contribution in [0.1, 0.15) is 40.3 Å². The van der Waals surface area contributed by atoms with Crippen LogP contribution in [0.4, 0.5) is 0 Å². The first-order chi connectivity index (χ1) is 17.5. The number of nitrogens with zero attached hydrogens (tertiary/aromatic N) is 2. The third-order valence-electron chi connectivity index (χ3n) is 6.57. The fourth-order valence-corrected chi connectivity index (χ4v) is 4.77. The summed E-state index contributed by atoms with van der Waals surface area (Å²) >= 11 is 0. The largest absolute Gasteiger partial charge is 0.496 e. The molecule has 0 saturated carbocycles. The van der Waals surface area contributed by atoms with Crippen molar-refractivity contribution < 1.29 is 28.2 Å². The van der Waals surface area contributed by atoms with Crippen LogP contribution in [0.2, 0.25) is 0 Å². The van der Waals surface area contributed by atoms with Crippen LogP contribution in [-0.2, 0) is 19.5 Å². The van der Waals surface area contributed by atoms with Crippen LogP contribution >= 0.6 is 0 Å². The minimum Gasteiger partial charge on any atom is -0.496 e. The number of ether oxygens (including phenoxy) is 4. The molecule has 1 atom stereocenters. The smallest absolute Gasteiger partial charge is 0.257 e. The predicted molar refractivity (Wildman–Crippen MR) is 130 cm³/mol. The lowest BCUT2D eigenvalue weighted by atomic mass is 10.1. The van der Waals surface area contributed by atoms with E-state index in [1.165, 1.54) is 13.2 Å². The van der Waals surface area contributed by atoms with Crippen molar-refractivity contribution in [3.63, 3.8) is 0 Å². The van der Waals surface area contributed by atoms with Gasteiger partial charge in [0.05, 0.1) is 26.5 Å². The van der Waals surface area contributed by atoms with E-state index in [9.17, 15) is 9.59 Å². The lowest BCUT2D eigenvalue weighted by Crippen LogP contribution is -2.32. The number of aromatic nitrogens is 1. The highest BCUT2D eigenvalue weighted by Crippen LogP contribution is 2.42. The van der Waals surface area contributed by atoms with Crippen molar-refractivity contribution in [3.8, 4) is 23.0 Å². The van der Waals surface area contributed by atoms with Crippen molar-refractivity contribution in [2.24, 2.45) is 0 Å². The van der Waals surface area contributed by atoms with Gasteiger partial charge in [0.15, 0.2) is 11.5 Å². The molecule has 1 aromatic carbocycles. The molecule has 0 aliphatic carbocycles. The highest BCUT2D eigenvalue weighted by Gasteiger charge is 2.27. The van der Waals surface area contributed by atoms with Gasteiger partial charge < -0.3 is 33.2 Å². The number of amides is 1. The summed E-state index contributed by atoms with van der Waals surface area (Å²) in [6, 6.07) is 8.52. The molecule has 2 aliphatic rings. The molecule has 10 nitrogen and oxygen atoms in total. The Morgan fingerprint density at radius 3 is 2.69 bits per heavy atom. The fraction of sp³-hybridized carbons (Fsp3) is 0.385. The number of carbonyl (C=O) groups excluding carboxylic acids is 1. The molecule has 0 bridgehead atoms. The van der Waals surface area contributed by atoms with Crippen molar-refractivity contribution in [2.45, 2.75) is 32.5 Å². The Labute approximate surface area is 208 Å². The molecule has 1 N–H and O–H groups in total. The van der Waals surface area contributed by atoms with E-state index in [-0.39, 0.29) is 30.1 Å². The summed E-state index contributed by atoms with van der Waals surface area (Å²) in [5.74, 6) is 2.50. The van der Waals surface area contributed by atoms with Gasteiger partial charge in [-0.25, -0.2) is 0 Å². The molecule has 10 heteroatoms. The second-order valence-corrected chi connectivity index (χ2v) is 8.79. The van der Waals surface area contributed by atoms with Gasteiger partial charge in [-0.05, 0) is 36.8 Å². The molecule has 2 aliphatic heterocycles. The Bertz CT molecular complexity index is 1320. The van der Waals surface area contributed by atoms with Crippen LogP contribution in [0.5, 0.6) is 23.0 Å². The Morgan fingerprint density at radius 2 is 1.94 bits per heavy atom. The molecule has 1 unspecified atom stereocenters. The third-order valence-corrected chi connectivity index (χ3v) is 6.57. The molecule has 0 radical (unpaired) electrons. The zero-order chi connectivity index (χ0) is 25.2. The molecule has 0 saturated heterocycles. The molecule has 4 heterocycles. The standard InChI is InChI=1S/C26H29N3O7/c1-16(19-5-4-10-34-19)27-26(31)24-18-6-7-28(8-9-29(18)23(30)13-20(24)32-2)14-17-11-21(33-3)25-22(12-17)35-15-36-25/h4-5,10-13,16H,6-9,14-15H2,1-3H3,(H,27,31). The van der Waals surface area contributed by atoms with E-state index < -0.39 is 0 Å². The van der Waals surface area contributed by atoms with Gasteiger partial charge in [0, 0.05) is 44.4 Å². The van der Waals surface area contributed by atoms with Gasteiger partial charge in [0.1, 0.15) is 17.1 Å². The first-order valence-corrected chi connectivity index (χ1v) is 11.8. The van der Waals surface area contributed by atoms with Crippen LogP contribution in [0.3, 0.4) is 0 Å². The summed E-state index contributed by atoms with van der Waals surface area (Å²) in [4.78, 5) is 28.5. The van der Waals surface area contributed by atoms with Crippen LogP contribution in [0.15, 0.2) is 45.8 Å². The number of hydrogen-bond acceptors (Lipinski definition) is 8. The van der Waals surface area contributed by atoms with Crippen molar-refractivity contribution in [1.29, 1.82) is 0 Å². The SMILES string of the molecule is COc1cc(CN2CCc3c(C(=O)NC(C)c4ccco4)c(OC)cc(=O)n3CC2)cc2c1OCO2. The van der Waals surface area contributed by atoms with Gasteiger partial charge in [0.25, 0.3) is 11.5 Å². The monoisotopic (exact) mass is 495 g/mol. The van der Waals surface area contributed by atoms with E-state index in [1.807, 2.05) is 19.1 Å². The maximum Gasteiger partial charge on any atom is 0.257 e. The summed E-state index contributed by atoms with van der Waals surface area (Å²) in [5.41, 5.74) is 1.86. The lowest BCUT2D eigenvalue weighted by Gasteiger charge is -2.20. The molecule has 0 fully saturated rings. The Hall–Kier alpha value is -3.92. The predicted octanol–water partition coefficient (Wildman–Crippen LogP) is 2.74. The second-order valence-electron chi connectivity index (χ2n) is 8.79. The molecule has 5 rings (SSSR count). The van der Waals surface area contributed by atoms with E-state index in [1.54, 1.807) is 30.1 Å². The fourth-order valence-electron chi connectivity index (χ4n) is 4.77. The zero-order valence-electron chi connectivity index (χ0n) is 20.5. The molecule has 2 aromatic heterocycles. The number of benzene rings is 1. The highest BCUT2D eigenvalue weighted by molar-refractivity contribution is 5.98. The average Bonchev–Trinajstić information content (AvgIpc) is 3.54. The second kappa shape index (κ2) is 9.98. The summed E-state index contributed by atoms with van der Waals surface area (Å²) in [6.45, 7) is 4.38. The van der Waals surface area contributed by atoms with E-state index in [0.717, 1.165) is 5.56 Å². The van der Waals surface area contributed by atoms with Crippen molar-refractivity contribution in [1.82, 2.24) is 14.8 Å². The number of fused-ring (bicyclic) bond motifs is 2. The molecule has 1 amide bonds. The quantitative estimate of drug-likeness (QED) is 0.534. The summed E-state index contributed by atoms with van der Waals surface area (Å²) < 4.78 is 29.1. The Morgan fingerprint density at radius 1 is 1.11 bits per heavy atom. The first kappa shape index (κ1) is 23.8. The number of carbonyl (C=O) groups is 1. The van der Waals surface area contributed by atoms with Crippen LogP contribution < -0.4 is 29.8 Å². The van der Waals surface area contributed by atoms with Crippen molar-refractivity contribution >= 4 is 5.91 Å². The normalized spacial score (nSPS) is 15.6. The Balaban J connectivity index is 1.39. The summed E-state index contributed by atoms with van der Waals surface area (Å²) in [7, 11) is 3.07. The number of nitrogens with one attached hydrogen (secondary N) is 1. The van der Waals surface area contributed by atoms with Gasteiger partial charge in [-0.3, -0.25) is 14.5 Å². The van der Waals surface area contributed by atoms with Gasteiger partial charge in [-0.2, -0.15) is 0 Å². The van der Waals surface area contributed by atoms with Crippen LogP contribution in [0.25, 0.3) is 0 Å². The minimum absolute atomic E-state index is 0.169. The zero-order valence-corrected chi connectivity index (χ0v) is 20.5. The van der Waals surface area contributed by atoms with Crippen LogP contribution in [-0.4, -0.2) is 49.5 Å². The molecule has 3 aromatic rings. The molecular formula is C26H29N3O7. The highest BCUT2D eigenvalue weighted by atomic mass is 16.7. The van der Waals surface area contributed by atoms with Crippen molar-refractivity contribution in [3.05, 3.63) is 69.5 Å². The number of rotatable bonds is 7.